The largest absolute Gasteiger partial charge is 0.389 e. The summed E-state index contributed by atoms with van der Waals surface area (Å²) in [6.07, 6.45) is -0.655. The number of ether oxygens (including phenoxy) is 1. The highest BCUT2D eigenvalue weighted by molar-refractivity contribution is 7.89. The first-order valence-corrected chi connectivity index (χ1v) is 7.10. The van der Waals surface area contributed by atoms with Gasteiger partial charge in [0.15, 0.2) is 0 Å². The highest BCUT2D eigenvalue weighted by atomic mass is 32.2. The Kier molecular flexibility index (Phi) is 5.92. The molecule has 0 saturated heterocycles. The molecule has 0 aliphatic heterocycles. The zero-order valence-electron chi connectivity index (χ0n) is 10.5. The number of hydrogen-bond donors (Lipinski definition) is 2. The average molecular weight is 284 g/mol. The standard InChI is InChI=1S/C12H16N2O4S/c1-18-9-11(15)8-14-19(16,17)12-4-2-10(3-5-12)6-7-13/h2-5,11,14-15H,6,8-9H2,1H3. The molecule has 1 aromatic rings. The van der Waals surface area contributed by atoms with Crippen molar-refractivity contribution in [2.75, 3.05) is 20.3 Å². The molecule has 0 spiro atoms. The van der Waals surface area contributed by atoms with Gasteiger partial charge in [-0.25, -0.2) is 13.1 Å². The van der Waals surface area contributed by atoms with Crippen LogP contribution in [0, 0.1) is 11.3 Å². The molecule has 0 aliphatic rings. The number of benzene rings is 1. The minimum Gasteiger partial charge on any atom is -0.389 e. The highest BCUT2D eigenvalue weighted by Gasteiger charge is 2.15. The summed E-state index contributed by atoms with van der Waals surface area (Å²) < 4.78 is 30.8. The molecule has 0 aliphatic carbocycles. The van der Waals surface area contributed by atoms with Gasteiger partial charge < -0.3 is 9.84 Å². The van der Waals surface area contributed by atoms with Gasteiger partial charge in [-0.15, -0.1) is 0 Å². The van der Waals surface area contributed by atoms with Crippen molar-refractivity contribution in [3.05, 3.63) is 29.8 Å². The van der Waals surface area contributed by atoms with Gasteiger partial charge in [-0.05, 0) is 17.7 Å². The highest BCUT2D eigenvalue weighted by Crippen LogP contribution is 2.10. The molecule has 0 fully saturated rings. The third kappa shape index (κ3) is 4.96. The molecule has 1 unspecified atom stereocenters. The van der Waals surface area contributed by atoms with Gasteiger partial charge in [0, 0.05) is 13.7 Å². The molecule has 1 aromatic carbocycles. The molecule has 6 nitrogen and oxygen atoms in total. The molecule has 1 rings (SSSR count). The number of nitriles is 1. The summed E-state index contributed by atoms with van der Waals surface area (Å²) >= 11 is 0. The number of aliphatic hydroxyl groups excluding tert-OH is 1. The number of rotatable bonds is 7. The quantitative estimate of drug-likeness (QED) is 0.736. The minimum absolute atomic E-state index is 0.0592. The van der Waals surface area contributed by atoms with E-state index in [-0.39, 0.29) is 24.5 Å². The summed E-state index contributed by atoms with van der Waals surface area (Å²) in [5.74, 6) is 0. The second-order valence-electron chi connectivity index (χ2n) is 3.94. The molecule has 0 heterocycles. The van der Waals surface area contributed by atoms with Crippen LogP contribution < -0.4 is 4.72 Å². The van der Waals surface area contributed by atoms with Gasteiger partial charge in [0.05, 0.1) is 30.1 Å². The Labute approximate surface area is 112 Å². The van der Waals surface area contributed by atoms with Crippen LogP contribution in [0.15, 0.2) is 29.2 Å². The van der Waals surface area contributed by atoms with Gasteiger partial charge in [0.1, 0.15) is 0 Å². The van der Waals surface area contributed by atoms with Crippen LogP contribution in [0.4, 0.5) is 0 Å². The van der Waals surface area contributed by atoms with Crippen LogP contribution in [0.2, 0.25) is 0 Å². The molecular weight excluding hydrogens is 268 g/mol. The van der Waals surface area contributed by atoms with E-state index in [4.69, 9.17) is 10.00 Å². The van der Waals surface area contributed by atoms with E-state index < -0.39 is 16.1 Å². The summed E-state index contributed by atoms with van der Waals surface area (Å²) in [5, 5.41) is 17.9. The van der Waals surface area contributed by atoms with Crippen molar-refractivity contribution < 1.29 is 18.3 Å². The Balaban J connectivity index is 2.69. The zero-order chi connectivity index (χ0) is 14.3. The van der Waals surface area contributed by atoms with Crippen LogP contribution >= 0.6 is 0 Å². The number of hydrogen-bond acceptors (Lipinski definition) is 5. The number of nitrogens with zero attached hydrogens (tertiary/aromatic N) is 1. The Hall–Kier alpha value is -1.46. The lowest BCUT2D eigenvalue weighted by molar-refractivity contribution is 0.0679. The van der Waals surface area contributed by atoms with Crippen LogP contribution in [0.1, 0.15) is 5.56 Å². The fourth-order valence-electron chi connectivity index (χ4n) is 1.42. The van der Waals surface area contributed by atoms with E-state index in [1.807, 2.05) is 6.07 Å². The van der Waals surface area contributed by atoms with E-state index in [0.717, 1.165) is 5.56 Å². The molecule has 19 heavy (non-hydrogen) atoms. The molecule has 0 aromatic heterocycles. The maximum Gasteiger partial charge on any atom is 0.240 e. The molecular formula is C12H16N2O4S. The lowest BCUT2D eigenvalue weighted by atomic mass is 10.2. The molecule has 7 heteroatoms. The maximum absolute atomic E-state index is 11.9. The van der Waals surface area contributed by atoms with Crippen LogP contribution in [0.25, 0.3) is 0 Å². The van der Waals surface area contributed by atoms with Crippen molar-refractivity contribution in [2.24, 2.45) is 0 Å². The molecule has 0 amide bonds. The average Bonchev–Trinajstić information content (AvgIpc) is 2.38. The Morgan fingerprint density at radius 2 is 2.05 bits per heavy atom. The monoisotopic (exact) mass is 284 g/mol. The van der Waals surface area contributed by atoms with Gasteiger partial charge in [-0.2, -0.15) is 5.26 Å². The van der Waals surface area contributed by atoms with E-state index in [1.54, 1.807) is 12.1 Å². The van der Waals surface area contributed by atoms with E-state index in [1.165, 1.54) is 19.2 Å². The number of nitrogens with one attached hydrogen (secondary N) is 1. The van der Waals surface area contributed by atoms with Crippen molar-refractivity contribution in [1.82, 2.24) is 4.72 Å². The molecule has 0 radical (unpaired) electrons. The van der Waals surface area contributed by atoms with Crippen molar-refractivity contribution >= 4 is 10.0 Å². The molecule has 104 valence electrons. The van der Waals surface area contributed by atoms with E-state index in [0.29, 0.717) is 0 Å². The molecule has 2 N–H and O–H groups in total. The lowest BCUT2D eigenvalue weighted by Gasteiger charge is -2.11. The van der Waals surface area contributed by atoms with Gasteiger partial charge in [0.25, 0.3) is 0 Å². The van der Waals surface area contributed by atoms with Crippen molar-refractivity contribution in [3.63, 3.8) is 0 Å². The van der Waals surface area contributed by atoms with Crippen LogP contribution in [-0.4, -0.2) is 39.9 Å². The first kappa shape index (κ1) is 15.6. The maximum atomic E-state index is 11.9. The van der Waals surface area contributed by atoms with Crippen LogP contribution in [-0.2, 0) is 21.2 Å². The van der Waals surface area contributed by atoms with Gasteiger partial charge >= 0.3 is 0 Å². The summed E-state index contributed by atoms with van der Waals surface area (Å²) in [6.45, 7) is -0.0558. The van der Waals surface area contributed by atoms with Crippen molar-refractivity contribution in [1.29, 1.82) is 5.26 Å². The fraction of sp³-hybridized carbons (Fsp3) is 0.417. The smallest absolute Gasteiger partial charge is 0.240 e. The predicted octanol–water partition coefficient (Wildman–Crippen LogP) is 0.0383. The van der Waals surface area contributed by atoms with E-state index in [9.17, 15) is 13.5 Å². The van der Waals surface area contributed by atoms with E-state index >= 15 is 0 Å². The first-order chi connectivity index (χ1) is 8.99. The summed E-state index contributed by atoms with van der Waals surface area (Å²) in [5.41, 5.74) is 0.751. The fourth-order valence-corrected chi connectivity index (χ4v) is 2.49. The SMILES string of the molecule is COCC(O)CNS(=O)(=O)c1ccc(CC#N)cc1. The van der Waals surface area contributed by atoms with Crippen LogP contribution in [0.3, 0.4) is 0 Å². The van der Waals surface area contributed by atoms with Gasteiger partial charge in [0.2, 0.25) is 10.0 Å². The van der Waals surface area contributed by atoms with Gasteiger partial charge in [-0.1, -0.05) is 12.1 Å². The first-order valence-electron chi connectivity index (χ1n) is 5.62. The summed E-state index contributed by atoms with van der Waals surface area (Å²) in [6, 6.07) is 8.01. The zero-order valence-corrected chi connectivity index (χ0v) is 11.4. The lowest BCUT2D eigenvalue weighted by Crippen LogP contribution is -2.34. The Morgan fingerprint density at radius 3 is 2.58 bits per heavy atom. The topological polar surface area (TPSA) is 99.4 Å². The number of sulfonamides is 1. The molecule has 0 saturated carbocycles. The van der Waals surface area contributed by atoms with Crippen molar-refractivity contribution in [3.8, 4) is 6.07 Å². The van der Waals surface area contributed by atoms with Crippen molar-refractivity contribution in [2.45, 2.75) is 17.4 Å². The summed E-state index contributed by atoms with van der Waals surface area (Å²) in [4.78, 5) is 0.0961. The predicted molar refractivity (Wildman–Crippen MR) is 68.8 cm³/mol. The van der Waals surface area contributed by atoms with E-state index in [2.05, 4.69) is 4.72 Å². The third-order valence-corrected chi connectivity index (χ3v) is 3.82. The second kappa shape index (κ2) is 7.21. The van der Waals surface area contributed by atoms with Gasteiger partial charge in [-0.3, -0.25) is 0 Å². The molecule has 1 atom stereocenters. The minimum atomic E-state index is -3.65. The Morgan fingerprint density at radius 1 is 1.42 bits per heavy atom. The summed E-state index contributed by atoms with van der Waals surface area (Å²) in [7, 11) is -2.23. The van der Waals surface area contributed by atoms with Crippen LogP contribution in [0.5, 0.6) is 0 Å². The molecule has 0 bridgehead atoms. The second-order valence-corrected chi connectivity index (χ2v) is 5.71. The third-order valence-electron chi connectivity index (χ3n) is 2.38. The number of aliphatic hydroxyl groups is 1. The number of methoxy groups -OCH3 is 1. The normalized spacial score (nSPS) is 12.9. The Bertz CT molecular complexity index is 534.